The van der Waals surface area contributed by atoms with E-state index in [4.69, 9.17) is 5.73 Å². The highest BCUT2D eigenvalue weighted by atomic mass is 16.2. The summed E-state index contributed by atoms with van der Waals surface area (Å²) in [7, 11) is 0. The molecule has 92 valence electrons. The molecular weight excluding hydrogens is 216 g/mol. The van der Waals surface area contributed by atoms with E-state index in [0.717, 1.165) is 12.0 Å². The van der Waals surface area contributed by atoms with Crippen LogP contribution in [-0.2, 0) is 22.6 Å². The highest BCUT2D eigenvalue weighted by molar-refractivity contribution is 6.34. The summed E-state index contributed by atoms with van der Waals surface area (Å²) >= 11 is 0. The van der Waals surface area contributed by atoms with Gasteiger partial charge in [0, 0.05) is 6.54 Å². The van der Waals surface area contributed by atoms with Crippen LogP contribution in [0.5, 0.6) is 0 Å². The van der Waals surface area contributed by atoms with E-state index in [0.29, 0.717) is 12.5 Å². The van der Waals surface area contributed by atoms with E-state index in [2.05, 4.69) is 19.2 Å². The van der Waals surface area contributed by atoms with Crippen molar-refractivity contribution in [3.05, 3.63) is 35.4 Å². The van der Waals surface area contributed by atoms with Crippen LogP contribution in [0.25, 0.3) is 0 Å². The molecule has 0 aliphatic rings. The van der Waals surface area contributed by atoms with Crippen molar-refractivity contribution in [2.75, 3.05) is 0 Å². The third-order valence-corrected chi connectivity index (χ3v) is 2.34. The Bertz CT molecular complexity index is 396. The fourth-order valence-electron chi connectivity index (χ4n) is 1.53. The Hall–Kier alpha value is -1.84. The van der Waals surface area contributed by atoms with E-state index >= 15 is 0 Å². The van der Waals surface area contributed by atoms with Crippen LogP contribution in [0, 0.1) is 5.92 Å². The van der Waals surface area contributed by atoms with Gasteiger partial charge in [-0.05, 0) is 23.5 Å². The highest BCUT2D eigenvalue weighted by Gasteiger charge is 2.07. The van der Waals surface area contributed by atoms with Crippen molar-refractivity contribution in [1.82, 2.24) is 5.32 Å². The predicted molar refractivity (Wildman–Crippen MR) is 66.0 cm³/mol. The summed E-state index contributed by atoms with van der Waals surface area (Å²) in [5.41, 5.74) is 7.05. The van der Waals surface area contributed by atoms with Crippen LogP contribution >= 0.6 is 0 Å². The first kappa shape index (κ1) is 13.2. The lowest BCUT2D eigenvalue weighted by Crippen LogP contribution is -2.35. The van der Waals surface area contributed by atoms with Crippen molar-refractivity contribution in [2.45, 2.75) is 26.8 Å². The number of nitrogens with two attached hydrogens (primary N) is 1. The number of carbonyl (C=O) groups excluding carboxylic acids is 2. The average molecular weight is 234 g/mol. The summed E-state index contributed by atoms with van der Waals surface area (Å²) < 4.78 is 0. The summed E-state index contributed by atoms with van der Waals surface area (Å²) in [6.07, 6.45) is 1.04. The molecule has 0 atom stereocenters. The van der Waals surface area contributed by atoms with Crippen LogP contribution in [0.4, 0.5) is 0 Å². The van der Waals surface area contributed by atoms with Gasteiger partial charge in [-0.15, -0.1) is 0 Å². The molecule has 2 amide bonds. The lowest BCUT2D eigenvalue weighted by atomic mass is 10.0. The quantitative estimate of drug-likeness (QED) is 0.762. The first-order chi connectivity index (χ1) is 7.99. The van der Waals surface area contributed by atoms with Crippen molar-refractivity contribution in [3.63, 3.8) is 0 Å². The molecule has 0 aliphatic carbocycles. The van der Waals surface area contributed by atoms with Gasteiger partial charge < -0.3 is 11.1 Å². The second-order valence-corrected chi connectivity index (χ2v) is 4.46. The number of hydrogen-bond acceptors (Lipinski definition) is 2. The molecular formula is C13H18N2O2. The minimum atomic E-state index is -0.957. The zero-order valence-corrected chi connectivity index (χ0v) is 10.2. The fraction of sp³-hybridized carbons (Fsp3) is 0.385. The number of carbonyl (C=O) groups is 2. The SMILES string of the molecule is CC(C)Cc1ccc(CNC(=O)C(N)=O)cc1. The second kappa shape index (κ2) is 6.03. The van der Waals surface area contributed by atoms with Gasteiger partial charge in [0.15, 0.2) is 0 Å². The van der Waals surface area contributed by atoms with E-state index in [1.807, 2.05) is 24.3 Å². The zero-order valence-electron chi connectivity index (χ0n) is 10.2. The molecule has 0 spiro atoms. The van der Waals surface area contributed by atoms with Gasteiger partial charge in [0.05, 0.1) is 0 Å². The van der Waals surface area contributed by atoms with E-state index in [-0.39, 0.29) is 0 Å². The molecule has 0 bridgehead atoms. The molecule has 0 aromatic heterocycles. The first-order valence-corrected chi connectivity index (χ1v) is 5.64. The molecule has 0 fully saturated rings. The average Bonchev–Trinajstić information content (AvgIpc) is 2.26. The van der Waals surface area contributed by atoms with Gasteiger partial charge in [0.1, 0.15) is 0 Å². The Labute approximate surface area is 101 Å². The summed E-state index contributed by atoms with van der Waals surface area (Å²) in [5.74, 6) is -1.09. The summed E-state index contributed by atoms with van der Waals surface area (Å²) in [6, 6.07) is 7.95. The third-order valence-electron chi connectivity index (χ3n) is 2.34. The number of rotatable bonds is 4. The topological polar surface area (TPSA) is 72.2 Å². The van der Waals surface area contributed by atoms with Crippen molar-refractivity contribution in [1.29, 1.82) is 0 Å². The maximum atomic E-state index is 10.9. The van der Waals surface area contributed by atoms with Gasteiger partial charge in [-0.3, -0.25) is 9.59 Å². The summed E-state index contributed by atoms with van der Waals surface area (Å²) in [6.45, 7) is 4.66. The van der Waals surface area contributed by atoms with Gasteiger partial charge >= 0.3 is 11.8 Å². The monoisotopic (exact) mass is 234 g/mol. The minimum Gasteiger partial charge on any atom is -0.361 e. The molecule has 4 nitrogen and oxygen atoms in total. The molecule has 1 aromatic rings. The summed E-state index contributed by atoms with van der Waals surface area (Å²) in [4.78, 5) is 21.4. The van der Waals surface area contributed by atoms with Gasteiger partial charge in [-0.1, -0.05) is 38.1 Å². The van der Waals surface area contributed by atoms with Crippen LogP contribution in [0.15, 0.2) is 24.3 Å². The Kier molecular flexibility index (Phi) is 4.69. The predicted octanol–water partition coefficient (Wildman–Crippen LogP) is 0.987. The maximum Gasteiger partial charge on any atom is 0.309 e. The number of primary amides is 1. The lowest BCUT2D eigenvalue weighted by molar-refractivity contribution is -0.137. The van der Waals surface area contributed by atoms with E-state index in [1.54, 1.807) is 0 Å². The molecule has 0 heterocycles. The van der Waals surface area contributed by atoms with Gasteiger partial charge in [0.2, 0.25) is 0 Å². The Morgan fingerprint density at radius 1 is 1.18 bits per heavy atom. The van der Waals surface area contributed by atoms with E-state index < -0.39 is 11.8 Å². The largest absolute Gasteiger partial charge is 0.361 e. The number of nitrogens with one attached hydrogen (secondary N) is 1. The Morgan fingerprint density at radius 2 is 1.71 bits per heavy atom. The van der Waals surface area contributed by atoms with E-state index in [9.17, 15) is 9.59 Å². The van der Waals surface area contributed by atoms with Gasteiger partial charge in [-0.2, -0.15) is 0 Å². The van der Waals surface area contributed by atoms with Crippen molar-refractivity contribution in [3.8, 4) is 0 Å². The van der Waals surface area contributed by atoms with Crippen molar-refractivity contribution >= 4 is 11.8 Å². The molecule has 0 saturated heterocycles. The molecule has 17 heavy (non-hydrogen) atoms. The van der Waals surface area contributed by atoms with Crippen LogP contribution in [0.1, 0.15) is 25.0 Å². The smallest absolute Gasteiger partial charge is 0.309 e. The Morgan fingerprint density at radius 3 is 2.18 bits per heavy atom. The molecule has 1 aromatic carbocycles. The van der Waals surface area contributed by atoms with Crippen LogP contribution < -0.4 is 11.1 Å². The summed E-state index contributed by atoms with van der Waals surface area (Å²) in [5, 5.41) is 2.45. The molecule has 3 N–H and O–H groups in total. The van der Waals surface area contributed by atoms with Gasteiger partial charge in [-0.25, -0.2) is 0 Å². The number of amides is 2. The highest BCUT2D eigenvalue weighted by Crippen LogP contribution is 2.09. The van der Waals surface area contributed by atoms with Crippen LogP contribution in [0.3, 0.4) is 0 Å². The molecule has 0 saturated carbocycles. The fourth-order valence-corrected chi connectivity index (χ4v) is 1.53. The van der Waals surface area contributed by atoms with Crippen molar-refractivity contribution in [2.24, 2.45) is 11.7 Å². The van der Waals surface area contributed by atoms with E-state index in [1.165, 1.54) is 5.56 Å². The van der Waals surface area contributed by atoms with Gasteiger partial charge in [0.25, 0.3) is 0 Å². The second-order valence-electron chi connectivity index (χ2n) is 4.46. The standard InChI is InChI=1S/C13H18N2O2/c1-9(2)7-10-3-5-11(6-4-10)8-15-13(17)12(14)16/h3-6,9H,7-8H2,1-2H3,(H2,14,16)(H,15,17). The maximum absolute atomic E-state index is 10.9. The lowest BCUT2D eigenvalue weighted by Gasteiger charge is -2.07. The Balaban J connectivity index is 2.51. The normalized spacial score (nSPS) is 10.3. The number of benzene rings is 1. The minimum absolute atomic E-state index is 0.323. The van der Waals surface area contributed by atoms with Crippen molar-refractivity contribution < 1.29 is 9.59 Å². The third kappa shape index (κ3) is 4.68. The zero-order chi connectivity index (χ0) is 12.8. The molecule has 4 heteroatoms. The van der Waals surface area contributed by atoms with Crippen LogP contribution in [0.2, 0.25) is 0 Å². The molecule has 0 aliphatic heterocycles. The number of hydrogen-bond donors (Lipinski definition) is 2. The molecule has 0 radical (unpaired) electrons. The van der Waals surface area contributed by atoms with Crippen LogP contribution in [-0.4, -0.2) is 11.8 Å². The molecule has 0 unspecified atom stereocenters. The first-order valence-electron chi connectivity index (χ1n) is 5.64. The molecule has 1 rings (SSSR count).